The first kappa shape index (κ1) is 16.8. The van der Waals surface area contributed by atoms with Crippen molar-refractivity contribution in [2.75, 3.05) is 20.2 Å². The molecule has 1 aromatic heterocycles. The van der Waals surface area contributed by atoms with Crippen molar-refractivity contribution in [3.8, 4) is 0 Å². The molecule has 25 heavy (non-hydrogen) atoms. The Labute approximate surface area is 144 Å². The summed E-state index contributed by atoms with van der Waals surface area (Å²) in [6.07, 6.45) is 5.06. The number of nitrogens with zero attached hydrogens (tertiary/aromatic N) is 3. The third-order valence-corrected chi connectivity index (χ3v) is 3.78. The predicted octanol–water partition coefficient (Wildman–Crippen LogP) is 0.524. The van der Waals surface area contributed by atoms with Gasteiger partial charge in [0.15, 0.2) is 6.61 Å². The fraction of sp³-hybridized carbons (Fsp3) is 0.353. The lowest BCUT2D eigenvalue weighted by Gasteiger charge is -2.16. The first-order valence-corrected chi connectivity index (χ1v) is 7.94. The molecule has 2 amide bonds. The summed E-state index contributed by atoms with van der Waals surface area (Å²) >= 11 is 0. The Morgan fingerprint density at radius 3 is 2.64 bits per heavy atom. The zero-order valence-electron chi connectivity index (χ0n) is 13.8. The van der Waals surface area contributed by atoms with Gasteiger partial charge in [-0.05, 0) is 31.0 Å². The third-order valence-electron chi connectivity index (χ3n) is 3.78. The number of amides is 2. The van der Waals surface area contributed by atoms with Gasteiger partial charge in [0.05, 0.1) is 23.1 Å². The standard InChI is InChI=1S/C17H18N4O4/c1-21(9-15(22)20-12-3-4-12)16(23)10-25-17(24)11-2-5-13-14(8-11)19-7-6-18-13/h2,5-8,12H,3-4,9-10H2,1H3,(H,20,22). The molecule has 1 saturated carbocycles. The normalized spacial score (nSPS) is 13.3. The number of likely N-dealkylation sites (N-methyl/N-ethyl adjacent to an activating group) is 1. The van der Waals surface area contributed by atoms with Gasteiger partial charge in [-0.15, -0.1) is 0 Å². The average Bonchev–Trinajstić information content (AvgIpc) is 3.42. The predicted molar refractivity (Wildman–Crippen MR) is 88.6 cm³/mol. The Kier molecular flexibility index (Phi) is 4.87. The molecule has 0 aliphatic heterocycles. The zero-order chi connectivity index (χ0) is 17.8. The second-order valence-electron chi connectivity index (χ2n) is 5.93. The summed E-state index contributed by atoms with van der Waals surface area (Å²) in [5.41, 5.74) is 1.52. The number of hydrogen-bond donors (Lipinski definition) is 1. The smallest absolute Gasteiger partial charge is 0.338 e. The van der Waals surface area contributed by atoms with Crippen LogP contribution in [0, 0.1) is 0 Å². The lowest BCUT2D eigenvalue weighted by molar-refractivity contribution is -0.137. The molecule has 1 aliphatic rings. The Hall–Kier alpha value is -3.03. The molecule has 2 aromatic rings. The summed E-state index contributed by atoms with van der Waals surface area (Å²) in [5, 5.41) is 2.79. The Bertz CT molecular complexity index is 819. The summed E-state index contributed by atoms with van der Waals surface area (Å²) in [7, 11) is 1.49. The summed E-state index contributed by atoms with van der Waals surface area (Å²) in [6, 6.07) is 5.03. The number of aromatic nitrogens is 2. The van der Waals surface area contributed by atoms with E-state index in [0.717, 1.165) is 12.8 Å². The van der Waals surface area contributed by atoms with Crippen LogP contribution in [0.1, 0.15) is 23.2 Å². The second kappa shape index (κ2) is 7.25. The van der Waals surface area contributed by atoms with E-state index < -0.39 is 18.5 Å². The van der Waals surface area contributed by atoms with Gasteiger partial charge in [-0.3, -0.25) is 19.6 Å². The Morgan fingerprint density at radius 2 is 1.92 bits per heavy atom. The number of benzene rings is 1. The molecule has 1 aliphatic carbocycles. The van der Waals surface area contributed by atoms with Crippen LogP contribution < -0.4 is 5.32 Å². The van der Waals surface area contributed by atoms with Crippen molar-refractivity contribution in [1.29, 1.82) is 0 Å². The van der Waals surface area contributed by atoms with Crippen molar-refractivity contribution in [3.63, 3.8) is 0 Å². The molecule has 3 rings (SSSR count). The maximum atomic E-state index is 12.1. The molecule has 0 radical (unpaired) electrons. The van der Waals surface area contributed by atoms with Crippen molar-refractivity contribution in [1.82, 2.24) is 20.2 Å². The lowest BCUT2D eigenvalue weighted by atomic mass is 10.2. The molecule has 0 atom stereocenters. The highest BCUT2D eigenvalue weighted by molar-refractivity contribution is 5.95. The number of nitrogens with one attached hydrogen (secondary N) is 1. The summed E-state index contributed by atoms with van der Waals surface area (Å²) in [5.74, 6) is -1.28. The van der Waals surface area contributed by atoms with E-state index in [1.54, 1.807) is 24.4 Å². The molecule has 8 nitrogen and oxygen atoms in total. The largest absolute Gasteiger partial charge is 0.452 e. The lowest BCUT2D eigenvalue weighted by Crippen LogP contribution is -2.40. The van der Waals surface area contributed by atoms with Gasteiger partial charge < -0.3 is 15.0 Å². The number of carbonyl (C=O) groups is 3. The van der Waals surface area contributed by atoms with Crippen LogP contribution >= 0.6 is 0 Å². The monoisotopic (exact) mass is 342 g/mol. The van der Waals surface area contributed by atoms with Gasteiger partial charge in [0.1, 0.15) is 0 Å². The van der Waals surface area contributed by atoms with Crippen LogP contribution in [-0.2, 0) is 14.3 Å². The molecule has 0 bridgehead atoms. The highest BCUT2D eigenvalue weighted by Crippen LogP contribution is 2.18. The first-order chi connectivity index (χ1) is 12.0. The molecule has 1 heterocycles. The molecular formula is C17H18N4O4. The summed E-state index contributed by atoms with van der Waals surface area (Å²) in [4.78, 5) is 45.2. The molecule has 0 unspecified atom stereocenters. The number of carbonyl (C=O) groups excluding carboxylic acids is 3. The Morgan fingerprint density at radius 1 is 1.20 bits per heavy atom. The van der Waals surface area contributed by atoms with Crippen molar-refractivity contribution in [3.05, 3.63) is 36.2 Å². The molecule has 0 spiro atoms. The van der Waals surface area contributed by atoms with Crippen molar-refractivity contribution in [2.45, 2.75) is 18.9 Å². The van der Waals surface area contributed by atoms with Crippen LogP contribution in [0.3, 0.4) is 0 Å². The van der Waals surface area contributed by atoms with Gasteiger partial charge >= 0.3 is 5.97 Å². The molecule has 8 heteroatoms. The second-order valence-corrected chi connectivity index (χ2v) is 5.93. The minimum absolute atomic E-state index is 0.0571. The number of esters is 1. The van der Waals surface area contributed by atoms with Gasteiger partial charge in [0.2, 0.25) is 5.91 Å². The third kappa shape index (κ3) is 4.50. The maximum absolute atomic E-state index is 12.1. The van der Waals surface area contributed by atoms with E-state index >= 15 is 0 Å². The van der Waals surface area contributed by atoms with Gasteiger partial charge in [-0.1, -0.05) is 0 Å². The summed E-state index contributed by atoms with van der Waals surface area (Å²) in [6.45, 7) is -0.483. The summed E-state index contributed by atoms with van der Waals surface area (Å²) < 4.78 is 5.02. The van der Waals surface area contributed by atoms with Crippen LogP contribution in [0.4, 0.5) is 0 Å². The Balaban J connectivity index is 1.51. The quantitative estimate of drug-likeness (QED) is 0.768. The average molecular weight is 342 g/mol. The van der Waals surface area contributed by atoms with Crippen LogP contribution in [0.5, 0.6) is 0 Å². The SMILES string of the molecule is CN(CC(=O)NC1CC1)C(=O)COC(=O)c1ccc2nccnc2c1. The first-order valence-electron chi connectivity index (χ1n) is 7.94. The van der Waals surface area contributed by atoms with E-state index in [9.17, 15) is 14.4 Å². The zero-order valence-corrected chi connectivity index (χ0v) is 13.8. The van der Waals surface area contributed by atoms with Crippen LogP contribution in [-0.4, -0.2) is 58.9 Å². The number of rotatable bonds is 6. The van der Waals surface area contributed by atoms with Crippen LogP contribution in [0.15, 0.2) is 30.6 Å². The molecule has 1 aromatic carbocycles. The minimum Gasteiger partial charge on any atom is -0.452 e. The van der Waals surface area contributed by atoms with E-state index in [-0.39, 0.29) is 24.1 Å². The number of ether oxygens (including phenoxy) is 1. The minimum atomic E-state index is -0.628. The van der Waals surface area contributed by atoms with Crippen molar-refractivity contribution >= 4 is 28.8 Å². The maximum Gasteiger partial charge on any atom is 0.338 e. The van der Waals surface area contributed by atoms with Crippen molar-refractivity contribution in [2.24, 2.45) is 0 Å². The fourth-order valence-corrected chi connectivity index (χ4v) is 2.22. The van der Waals surface area contributed by atoms with E-state index in [4.69, 9.17) is 4.74 Å². The van der Waals surface area contributed by atoms with E-state index in [1.807, 2.05) is 0 Å². The molecular weight excluding hydrogens is 324 g/mol. The van der Waals surface area contributed by atoms with Crippen LogP contribution in [0.2, 0.25) is 0 Å². The highest BCUT2D eigenvalue weighted by Gasteiger charge is 2.24. The van der Waals surface area contributed by atoms with E-state index in [2.05, 4.69) is 15.3 Å². The molecule has 1 fully saturated rings. The van der Waals surface area contributed by atoms with Gasteiger partial charge in [0, 0.05) is 25.5 Å². The molecule has 130 valence electrons. The highest BCUT2D eigenvalue weighted by atomic mass is 16.5. The molecule has 1 N–H and O–H groups in total. The van der Waals surface area contributed by atoms with Crippen LogP contribution in [0.25, 0.3) is 11.0 Å². The topological polar surface area (TPSA) is 101 Å². The van der Waals surface area contributed by atoms with Gasteiger partial charge in [-0.25, -0.2) is 4.79 Å². The van der Waals surface area contributed by atoms with Gasteiger partial charge in [-0.2, -0.15) is 0 Å². The van der Waals surface area contributed by atoms with Crippen molar-refractivity contribution < 1.29 is 19.1 Å². The number of fused-ring (bicyclic) bond motifs is 1. The van der Waals surface area contributed by atoms with E-state index in [1.165, 1.54) is 18.1 Å². The molecule has 0 saturated heterocycles. The van der Waals surface area contributed by atoms with Gasteiger partial charge in [0.25, 0.3) is 5.91 Å². The van der Waals surface area contributed by atoms with E-state index in [0.29, 0.717) is 11.0 Å². The fourth-order valence-electron chi connectivity index (χ4n) is 2.22. The number of hydrogen-bond acceptors (Lipinski definition) is 6.